The molecule has 1 N–H and O–H groups in total. The Morgan fingerprint density at radius 3 is 2.84 bits per heavy atom. The summed E-state index contributed by atoms with van der Waals surface area (Å²) < 4.78 is 5.72. The molecule has 0 aromatic heterocycles. The molecule has 0 aliphatic carbocycles. The van der Waals surface area contributed by atoms with Crippen LogP contribution in [0.15, 0.2) is 30.3 Å². The van der Waals surface area contributed by atoms with Gasteiger partial charge in [0.05, 0.1) is 18.6 Å². The fourth-order valence-corrected chi connectivity index (χ4v) is 2.54. The molecule has 1 fully saturated rings. The van der Waals surface area contributed by atoms with Gasteiger partial charge in [0.1, 0.15) is 0 Å². The standard InChI is InChI=1S/C16H22N2O/c17-11-9-16(14-6-2-1-3-7-14)18-12-10-15-8-4-5-13-19-15/h1-3,6-7,15-16,18H,4-5,8-10,12-13H2. The monoisotopic (exact) mass is 258 g/mol. The number of hydrogen-bond donors (Lipinski definition) is 1. The molecule has 1 heterocycles. The van der Waals surface area contributed by atoms with Gasteiger partial charge in [-0.2, -0.15) is 5.26 Å². The van der Waals surface area contributed by atoms with Crippen LogP contribution in [0.25, 0.3) is 0 Å². The van der Waals surface area contributed by atoms with Gasteiger partial charge in [0.2, 0.25) is 0 Å². The third kappa shape index (κ3) is 4.66. The third-order valence-corrected chi connectivity index (χ3v) is 3.63. The highest BCUT2D eigenvalue weighted by atomic mass is 16.5. The summed E-state index contributed by atoms with van der Waals surface area (Å²) in [6.07, 6.45) is 5.61. The molecule has 0 saturated carbocycles. The second-order valence-corrected chi connectivity index (χ2v) is 5.06. The summed E-state index contributed by atoms with van der Waals surface area (Å²) in [7, 11) is 0. The zero-order valence-corrected chi connectivity index (χ0v) is 11.3. The van der Waals surface area contributed by atoms with Crippen LogP contribution in [0, 0.1) is 11.3 Å². The first-order valence-electron chi connectivity index (χ1n) is 7.17. The van der Waals surface area contributed by atoms with E-state index < -0.39 is 0 Å². The topological polar surface area (TPSA) is 45.0 Å². The minimum Gasteiger partial charge on any atom is -0.378 e. The molecule has 1 aliphatic rings. The lowest BCUT2D eigenvalue weighted by molar-refractivity contribution is 0.0112. The van der Waals surface area contributed by atoms with E-state index in [1.165, 1.54) is 24.8 Å². The predicted molar refractivity (Wildman–Crippen MR) is 75.6 cm³/mol. The van der Waals surface area contributed by atoms with Crippen molar-refractivity contribution < 1.29 is 4.74 Å². The number of benzene rings is 1. The second-order valence-electron chi connectivity index (χ2n) is 5.06. The van der Waals surface area contributed by atoms with E-state index in [0.29, 0.717) is 12.5 Å². The van der Waals surface area contributed by atoms with E-state index in [2.05, 4.69) is 23.5 Å². The molecule has 0 spiro atoms. The van der Waals surface area contributed by atoms with Gasteiger partial charge < -0.3 is 10.1 Å². The third-order valence-electron chi connectivity index (χ3n) is 3.63. The molecule has 0 bridgehead atoms. The molecule has 1 aromatic carbocycles. The Morgan fingerprint density at radius 1 is 1.32 bits per heavy atom. The van der Waals surface area contributed by atoms with Gasteiger partial charge in [0, 0.05) is 12.6 Å². The molecule has 3 nitrogen and oxygen atoms in total. The van der Waals surface area contributed by atoms with Crippen LogP contribution in [-0.4, -0.2) is 19.3 Å². The Labute approximate surface area is 115 Å². The van der Waals surface area contributed by atoms with Gasteiger partial charge in [-0.3, -0.25) is 0 Å². The lowest BCUT2D eigenvalue weighted by Crippen LogP contribution is -2.28. The van der Waals surface area contributed by atoms with E-state index in [9.17, 15) is 0 Å². The van der Waals surface area contributed by atoms with Crippen molar-refractivity contribution in [3.63, 3.8) is 0 Å². The molecule has 2 atom stereocenters. The number of nitrogens with zero attached hydrogens (tertiary/aromatic N) is 1. The normalized spacial score (nSPS) is 20.7. The van der Waals surface area contributed by atoms with Gasteiger partial charge in [-0.15, -0.1) is 0 Å². The van der Waals surface area contributed by atoms with Gasteiger partial charge in [-0.05, 0) is 37.8 Å². The average molecular weight is 258 g/mol. The lowest BCUT2D eigenvalue weighted by atomic mass is 10.0. The van der Waals surface area contributed by atoms with E-state index in [0.717, 1.165) is 19.6 Å². The van der Waals surface area contributed by atoms with Gasteiger partial charge in [-0.1, -0.05) is 30.3 Å². The summed E-state index contributed by atoms with van der Waals surface area (Å²) in [5, 5.41) is 12.4. The highest BCUT2D eigenvalue weighted by Crippen LogP contribution is 2.18. The minimum absolute atomic E-state index is 0.134. The van der Waals surface area contributed by atoms with E-state index in [4.69, 9.17) is 10.00 Å². The summed E-state index contributed by atoms with van der Waals surface area (Å²) in [6, 6.07) is 12.6. The second kappa shape index (κ2) is 7.93. The summed E-state index contributed by atoms with van der Waals surface area (Å²) in [5.41, 5.74) is 1.19. The minimum atomic E-state index is 0.134. The zero-order valence-electron chi connectivity index (χ0n) is 11.3. The number of nitrogens with one attached hydrogen (secondary N) is 1. The highest BCUT2D eigenvalue weighted by molar-refractivity contribution is 5.19. The number of rotatable bonds is 6. The first kappa shape index (κ1) is 14.0. The van der Waals surface area contributed by atoms with Crippen molar-refractivity contribution in [2.24, 2.45) is 0 Å². The quantitative estimate of drug-likeness (QED) is 0.852. The van der Waals surface area contributed by atoms with E-state index in [-0.39, 0.29) is 6.04 Å². The maximum Gasteiger partial charge on any atom is 0.0641 e. The van der Waals surface area contributed by atoms with Crippen molar-refractivity contribution in [3.8, 4) is 6.07 Å². The Balaban J connectivity index is 1.79. The Morgan fingerprint density at radius 2 is 2.16 bits per heavy atom. The Hall–Kier alpha value is -1.37. The summed E-state index contributed by atoms with van der Waals surface area (Å²) >= 11 is 0. The first-order chi connectivity index (χ1) is 9.40. The molecule has 1 aromatic rings. The van der Waals surface area contributed by atoms with Crippen molar-refractivity contribution in [1.82, 2.24) is 5.32 Å². The van der Waals surface area contributed by atoms with E-state index >= 15 is 0 Å². The van der Waals surface area contributed by atoms with Crippen molar-refractivity contribution in [1.29, 1.82) is 5.26 Å². The summed E-state index contributed by atoms with van der Waals surface area (Å²) in [5.74, 6) is 0. The molecule has 2 rings (SSSR count). The smallest absolute Gasteiger partial charge is 0.0641 e. The Kier molecular flexibility index (Phi) is 5.87. The Bertz CT molecular complexity index is 393. The van der Waals surface area contributed by atoms with Crippen LogP contribution in [0.5, 0.6) is 0 Å². The number of ether oxygens (including phenoxy) is 1. The molecule has 0 radical (unpaired) electrons. The molecule has 0 amide bonds. The lowest BCUT2D eigenvalue weighted by Gasteiger charge is -2.24. The van der Waals surface area contributed by atoms with Crippen LogP contribution in [0.2, 0.25) is 0 Å². The van der Waals surface area contributed by atoms with Crippen molar-refractivity contribution in [2.45, 2.75) is 44.2 Å². The van der Waals surface area contributed by atoms with Gasteiger partial charge in [-0.25, -0.2) is 0 Å². The van der Waals surface area contributed by atoms with E-state index in [1.54, 1.807) is 0 Å². The van der Waals surface area contributed by atoms with Gasteiger partial charge in [0.15, 0.2) is 0 Å². The molecule has 102 valence electrons. The molecule has 2 unspecified atom stereocenters. The maximum absolute atomic E-state index is 8.93. The average Bonchev–Trinajstić information content (AvgIpc) is 2.48. The van der Waals surface area contributed by atoms with Gasteiger partial charge in [0.25, 0.3) is 0 Å². The molecule has 19 heavy (non-hydrogen) atoms. The fourth-order valence-electron chi connectivity index (χ4n) is 2.54. The number of nitriles is 1. The number of hydrogen-bond acceptors (Lipinski definition) is 3. The SMILES string of the molecule is N#CCC(NCCC1CCCCO1)c1ccccc1. The molecule has 3 heteroatoms. The van der Waals surface area contributed by atoms with Crippen LogP contribution in [0.3, 0.4) is 0 Å². The van der Waals surface area contributed by atoms with Gasteiger partial charge >= 0.3 is 0 Å². The molecule has 1 aliphatic heterocycles. The zero-order chi connectivity index (χ0) is 13.3. The molecular formula is C16H22N2O. The summed E-state index contributed by atoms with van der Waals surface area (Å²) in [6.45, 7) is 1.82. The van der Waals surface area contributed by atoms with E-state index in [1.807, 2.05) is 18.2 Å². The van der Waals surface area contributed by atoms with Crippen molar-refractivity contribution in [3.05, 3.63) is 35.9 Å². The molecular weight excluding hydrogens is 236 g/mol. The fraction of sp³-hybridized carbons (Fsp3) is 0.562. The van der Waals surface area contributed by atoms with Crippen LogP contribution in [0.1, 0.15) is 43.7 Å². The van der Waals surface area contributed by atoms with Crippen LogP contribution < -0.4 is 5.32 Å². The maximum atomic E-state index is 8.93. The summed E-state index contributed by atoms with van der Waals surface area (Å²) in [4.78, 5) is 0. The van der Waals surface area contributed by atoms with Crippen molar-refractivity contribution in [2.75, 3.05) is 13.2 Å². The highest BCUT2D eigenvalue weighted by Gasteiger charge is 2.15. The molecule has 1 saturated heterocycles. The first-order valence-corrected chi connectivity index (χ1v) is 7.17. The van der Waals surface area contributed by atoms with Crippen LogP contribution in [-0.2, 0) is 4.74 Å². The predicted octanol–water partition coefficient (Wildman–Crippen LogP) is 3.19. The van der Waals surface area contributed by atoms with Crippen molar-refractivity contribution >= 4 is 0 Å². The largest absolute Gasteiger partial charge is 0.378 e. The van der Waals surface area contributed by atoms with Crippen LogP contribution >= 0.6 is 0 Å². The van der Waals surface area contributed by atoms with Crippen LogP contribution in [0.4, 0.5) is 0 Å².